The third kappa shape index (κ3) is 5.24. The SMILES string of the molecule is C=CCn1c(CC)nnc1SCC(=O)Nc1sc(C(N)=O)c(C)c1C(=O)OCC. The van der Waals surface area contributed by atoms with Gasteiger partial charge in [-0.05, 0) is 19.4 Å². The number of amides is 2. The molecule has 0 spiro atoms. The Hall–Kier alpha value is -2.66. The maximum Gasteiger partial charge on any atom is 0.341 e. The van der Waals surface area contributed by atoms with Crippen LogP contribution in [-0.2, 0) is 22.5 Å². The van der Waals surface area contributed by atoms with Crippen LogP contribution < -0.4 is 11.1 Å². The number of anilines is 1. The third-order valence-electron chi connectivity index (χ3n) is 3.86. The normalized spacial score (nSPS) is 10.6. The number of nitrogens with zero attached hydrogens (tertiary/aromatic N) is 3. The minimum absolute atomic E-state index is 0.0457. The molecule has 2 aromatic heterocycles. The van der Waals surface area contributed by atoms with Crippen molar-refractivity contribution >= 4 is 45.9 Å². The molecule has 0 bridgehead atoms. The molecule has 0 atom stereocenters. The molecule has 0 aliphatic carbocycles. The van der Waals surface area contributed by atoms with Crippen LogP contribution in [0.4, 0.5) is 5.00 Å². The van der Waals surface area contributed by atoms with Crippen LogP contribution in [0.1, 0.15) is 45.3 Å². The summed E-state index contributed by atoms with van der Waals surface area (Å²) in [5, 5.41) is 11.7. The van der Waals surface area contributed by atoms with Crippen molar-refractivity contribution in [3.8, 4) is 0 Å². The lowest BCUT2D eigenvalue weighted by Crippen LogP contribution is -2.17. The van der Waals surface area contributed by atoms with E-state index in [2.05, 4.69) is 22.1 Å². The summed E-state index contributed by atoms with van der Waals surface area (Å²) >= 11 is 2.17. The van der Waals surface area contributed by atoms with Crippen LogP contribution in [0, 0.1) is 6.92 Å². The number of thiophene rings is 1. The Morgan fingerprint density at radius 2 is 2.07 bits per heavy atom. The summed E-state index contributed by atoms with van der Waals surface area (Å²) < 4.78 is 6.92. The Balaban J connectivity index is 2.18. The van der Waals surface area contributed by atoms with E-state index < -0.39 is 11.9 Å². The van der Waals surface area contributed by atoms with Crippen LogP contribution in [0.15, 0.2) is 17.8 Å². The van der Waals surface area contributed by atoms with Crippen molar-refractivity contribution in [3.05, 3.63) is 34.5 Å². The number of primary amides is 1. The quantitative estimate of drug-likeness (QED) is 0.332. The molecule has 156 valence electrons. The van der Waals surface area contributed by atoms with Gasteiger partial charge in [0.15, 0.2) is 5.16 Å². The minimum atomic E-state index is -0.669. The lowest BCUT2D eigenvalue weighted by molar-refractivity contribution is -0.113. The largest absolute Gasteiger partial charge is 0.462 e. The molecule has 3 N–H and O–H groups in total. The van der Waals surface area contributed by atoms with Crippen LogP contribution >= 0.6 is 23.1 Å². The van der Waals surface area contributed by atoms with Gasteiger partial charge in [0.25, 0.3) is 5.91 Å². The molecule has 2 amide bonds. The average Bonchev–Trinajstić information content (AvgIpc) is 3.21. The number of aryl methyl sites for hydroxylation is 1. The van der Waals surface area contributed by atoms with Gasteiger partial charge in [0.1, 0.15) is 10.8 Å². The van der Waals surface area contributed by atoms with Gasteiger partial charge >= 0.3 is 5.97 Å². The molecule has 0 saturated carbocycles. The highest BCUT2D eigenvalue weighted by Crippen LogP contribution is 2.33. The standard InChI is InChI=1S/C18H23N5O4S2/c1-5-8-23-11(6-2)21-22-18(23)28-9-12(24)20-16-13(17(26)27-7-3)10(4)14(29-16)15(19)25/h5H,1,6-9H2,2-4H3,(H2,19,25)(H,20,24). The van der Waals surface area contributed by atoms with E-state index in [9.17, 15) is 14.4 Å². The first-order chi connectivity index (χ1) is 13.8. The van der Waals surface area contributed by atoms with Crippen molar-refractivity contribution in [1.82, 2.24) is 14.8 Å². The second kappa shape index (κ2) is 10.2. The second-order valence-electron chi connectivity index (χ2n) is 5.83. The van der Waals surface area contributed by atoms with Gasteiger partial charge in [-0.1, -0.05) is 24.8 Å². The van der Waals surface area contributed by atoms with E-state index in [1.165, 1.54) is 11.8 Å². The predicted molar refractivity (Wildman–Crippen MR) is 112 cm³/mol. The molecule has 2 rings (SSSR count). The maximum absolute atomic E-state index is 12.5. The highest BCUT2D eigenvalue weighted by Gasteiger charge is 2.25. The van der Waals surface area contributed by atoms with Crippen molar-refractivity contribution < 1.29 is 19.1 Å². The summed E-state index contributed by atoms with van der Waals surface area (Å²) in [5.74, 6) is -0.793. The van der Waals surface area contributed by atoms with Crippen molar-refractivity contribution in [2.24, 2.45) is 5.73 Å². The highest BCUT2D eigenvalue weighted by atomic mass is 32.2. The van der Waals surface area contributed by atoms with Gasteiger partial charge in [-0.15, -0.1) is 28.1 Å². The topological polar surface area (TPSA) is 129 Å². The zero-order chi connectivity index (χ0) is 21.6. The van der Waals surface area contributed by atoms with E-state index in [4.69, 9.17) is 10.5 Å². The Bertz CT molecular complexity index is 935. The molecule has 0 fully saturated rings. The molecule has 0 saturated heterocycles. The number of carbonyl (C=O) groups is 3. The van der Waals surface area contributed by atoms with Gasteiger partial charge < -0.3 is 20.4 Å². The van der Waals surface area contributed by atoms with Crippen LogP contribution in [0.5, 0.6) is 0 Å². The lowest BCUT2D eigenvalue weighted by Gasteiger charge is -2.08. The van der Waals surface area contributed by atoms with Gasteiger partial charge in [0, 0.05) is 13.0 Å². The predicted octanol–water partition coefficient (Wildman–Crippen LogP) is 2.40. The Labute approximate surface area is 176 Å². The molecule has 9 nitrogen and oxygen atoms in total. The number of carbonyl (C=O) groups excluding carboxylic acids is 3. The molecule has 2 aromatic rings. The molecular weight excluding hydrogens is 414 g/mol. The number of ether oxygens (including phenoxy) is 1. The summed E-state index contributed by atoms with van der Waals surface area (Å²) in [6, 6.07) is 0. The van der Waals surface area contributed by atoms with Crippen molar-refractivity contribution in [2.45, 2.75) is 38.9 Å². The smallest absolute Gasteiger partial charge is 0.341 e. The number of nitrogens with two attached hydrogens (primary N) is 1. The van der Waals surface area contributed by atoms with Crippen LogP contribution in [0.2, 0.25) is 0 Å². The van der Waals surface area contributed by atoms with E-state index in [1.54, 1.807) is 19.9 Å². The van der Waals surface area contributed by atoms with Crippen molar-refractivity contribution in [1.29, 1.82) is 0 Å². The molecule has 29 heavy (non-hydrogen) atoms. The number of thioether (sulfide) groups is 1. The number of rotatable bonds is 10. The van der Waals surface area contributed by atoms with Gasteiger partial charge in [-0.3, -0.25) is 9.59 Å². The van der Waals surface area contributed by atoms with E-state index in [0.717, 1.165) is 17.2 Å². The van der Waals surface area contributed by atoms with E-state index in [-0.39, 0.29) is 33.7 Å². The van der Waals surface area contributed by atoms with Crippen molar-refractivity contribution in [2.75, 3.05) is 17.7 Å². The van der Waals surface area contributed by atoms with Crippen LogP contribution in [0.3, 0.4) is 0 Å². The zero-order valence-corrected chi connectivity index (χ0v) is 18.1. The number of aromatic nitrogens is 3. The third-order valence-corrected chi connectivity index (χ3v) is 6.05. The fraction of sp³-hybridized carbons (Fsp3) is 0.389. The minimum Gasteiger partial charge on any atom is -0.462 e. The molecule has 0 aliphatic rings. The van der Waals surface area contributed by atoms with Gasteiger partial charge in [-0.25, -0.2) is 4.79 Å². The highest BCUT2D eigenvalue weighted by molar-refractivity contribution is 7.99. The maximum atomic E-state index is 12.5. The summed E-state index contributed by atoms with van der Waals surface area (Å²) in [5.41, 5.74) is 5.91. The zero-order valence-electron chi connectivity index (χ0n) is 16.5. The molecule has 0 aromatic carbocycles. The lowest BCUT2D eigenvalue weighted by atomic mass is 10.1. The van der Waals surface area contributed by atoms with Crippen molar-refractivity contribution in [3.63, 3.8) is 0 Å². The Morgan fingerprint density at radius 1 is 1.34 bits per heavy atom. The molecular formula is C18H23N5O4S2. The molecule has 11 heteroatoms. The first kappa shape index (κ1) is 22.6. The summed E-state index contributed by atoms with van der Waals surface area (Å²) in [6.45, 7) is 9.67. The van der Waals surface area contributed by atoms with E-state index in [1.807, 2.05) is 11.5 Å². The first-order valence-electron chi connectivity index (χ1n) is 8.89. The second-order valence-corrected chi connectivity index (χ2v) is 7.80. The molecule has 2 heterocycles. The monoisotopic (exact) mass is 437 g/mol. The first-order valence-corrected chi connectivity index (χ1v) is 10.7. The summed E-state index contributed by atoms with van der Waals surface area (Å²) in [6.07, 6.45) is 2.44. The van der Waals surface area contributed by atoms with Gasteiger partial charge in [0.05, 0.1) is 22.8 Å². The van der Waals surface area contributed by atoms with Gasteiger partial charge in [-0.2, -0.15) is 0 Å². The fourth-order valence-corrected chi connectivity index (χ4v) is 4.41. The average molecular weight is 438 g/mol. The summed E-state index contributed by atoms with van der Waals surface area (Å²) in [7, 11) is 0. The molecule has 0 unspecified atom stereocenters. The van der Waals surface area contributed by atoms with Crippen LogP contribution in [0.25, 0.3) is 0 Å². The molecule has 0 aliphatic heterocycles. The Kier molecular flexibility index (Phi) is 7.97. The molecule has 0 radical (unpaired) electrons. The number of hydrogen-bond donors (Lipinski definition) is 2. The number of esters is 1. The van der Waals surface area contributed by atoms with Gasteiger partial charge in [0.2, 0.25) is 5.91 Å². The Morgan fingerprint density at radius 3 is 2.66 bits per heavy atom. The fourth-order valence-electron chi connectivity index (χ4n) is 2.58. The van der Waals surface area contributed by atoms with E-state index in [0.29, 0.717) is 23.7 Å². The number of allylic oxidation sites excluding steroid dienone is 1. The summed E-state index contributed by atoms with van der Waals surface area (Å²) in [4.78, 5) is 36.6. The number of hydrogen-bond acceptors (Lipinski definition) is 8. The van der Waals surface area contributed by atoms with E-state index >= 15 is 0 Å². The number of nitrogens with one attached hydrogen (secondary N) is 1. The van der Waals surface area contributed by atoms with Crippen LogP contribution in [-0.4, -0.2) is 44.9 Å².